The van der Waals surface area contributed by atoms with Crippen LogP contribution in [0.15, 0.2) is 54.6 Å². The number of rotatable bonds is 6. The lowest BCUT2D eigenvalue weighted by atomic mass is 9.91. The number of carbonyl (C=O) groups excluding carboxylic acids is 3. The van der Waals surface area contributed by atoms with Crippen molar-refractivity contribution in [3.8, 4) is 0 Å². The van der Waals surface area contributed by atoms with Crippen LogP contribution >= 0.6 is 0 Å². The summed E-state index contributed by atoms with van der Waals surface area (Å²) in [5.41, 5.74) is 4.36. The van der Waals surface area contributed by atoms with Gasteiger partial charge >= 0.3 is 6.03 Å². The van der Waals surface area contributed by atoms with Crippen LogP contribution in [0.1, 0.15) is 48.5 Å². The zero-order valence-corrected chi connectivity index (χ0v) is 17.8. The summed E-state index contributed by atoms with van der Waals surface area (Å²) in [6, 6.07) is 16.5. The van der Waals surface area contributed by atoms with Crippen LogP contribution in [-0.2, 0) is 22.6 Å². The maximum absolute atomic E-state index is 12.7. The van der Waals surface area contributed by atoms with Crippen LogP contribution in [-0.4, -0.2) is 33.8 Å². The van der Waals surface area contributed by atoms with Gasteiger partial charge in [0.1, 0.15) is 6.04 Å². The highest BCUT2D eigenvalue weighted by atomic mass is 16.2. The molecule has 7 nitrogen and oxygen atoms in total. The molecule has 2 unspecified atom stereocenters. The first-order valence-corrected chi connectivity index (χ1v) is 11.1. The fraction of sp³-hybridized carbons (Fsp3) is 0.320. The Bertz CT molecular complexity index is 1170. The van der Waals surface area contributed by atoms with Gasteiger partial charge in [-0.05, 0) is 42.9 Å². The van der Waals surface area contributed by atoms with Crippen molar-refractivity contribution in [3.63, 3.8) is 0 Å². The number of aryl methyl sites for hydroxylation is 1. The second-order valence-electron chi connectivity index (χ2n) is 8.53. The number of fused-ring (bicyclic) bond motifs is 3. The maximum Gasteiger partial charge on any atom is 0.325 e. The van der Waals surface area contributed by atoms with Crippen LogP contribution in [0.2, 0.25) is 0 Å². The molecule has 0 radical (unpaired) electrons. The summed E-state index contributed by atoms with van der Waals surface area (Å²) >= 11 is 0. The Balaban J connectivity index is 1.19. The van der Waals surface area contributed by atoms with E-state index in [1.165, 1.54) is 15.8 Å². The second-order valence-corrected chi connectivity index (χ2v) is 8.53. The lowest BCUT2D eigenvalue weighted by Crippen LogP contribution is -2.34. The maximum atomic E-state index is 12.7. The van der Waals surface area contributed by atoms with Crippen LogP contribution in [0.4, 0.5) is 4.79 Å². The Morgan fingerprint density at radius 3 is 2.69 bits per heavy atom. The lowest BCUT2D eigenvalue weighted by Gasteiger charge is -2.24. The highest BCUT2D eigenvalue weighted by Gasteiger charge is 2.38. The molecule has 5 rings (SSSR count). The third-order valence-corrected chi connectivity index (χ3v) is 6.40. The molecule has 32 heavy (non-hydrogen) atoms. The predicted octanol–water partition coefficient (Wildman–Crippen LogP) is 3.56. The van der Waals surface area contributed by atoms with Gasteiger partial charge in [-0.25, -0.2) is 4.79 Å². The number of hydrogen-bond acceptors (Lipinski definition) is 3. The van der Waals surface area contributed by atoms with Crippen molar-refractivity contribution < 1.29 is 14.4 Å². The minimum absolute atomic E-state index is 0.0536. The number of imide groups is 1. The minimum Gasteiger partial charge on any atom is -0.356 e. The average molecular weight is 431 g/mol. The van der Waals surface area contributed by atoms with Crippen molar-refractivity contribution in [2.75, 3.05) is 0 Å². The zero-order chi connectivity index (χ0) is 22.1. The Kier molecular flexibility index (Phi) is 5.39. The van der Waals surface area contributed by atoms with E-state index in [9.17, 15) is 14.4 Å². The van der Waals surface area contributed by atoms with Gasteiger partial charge in [-0.2, -0.15) is 0 Å². The molecule has 0 saturated carbocycles. The number of amides is 4. The molecule has 1 saturated heterocycles. The van der Waals surface area contributed by atoms with E-state index in [1.54, 1.807) is 0 Å². The van der Waals surface area contributed by atoms with Gasteiger partial charge in [0, 0.05) is 23.0 Å². The fourth-order valence-electron chi connectivity index (χ4n) is 4.79. The quantitative estimate of drug-likeness (QED) is 0.522. The molecule has 2 aromatic carbocycles. The molecule has 1 aliphatic carbocycles. The monoisotopic (exact) mass is 430 g/mol. The SMILES string of the molecule is O=C(CCC1NC(=O)N(Cc2ccccc2)C1=O)NC1CCCc2c1[nH]c1ccccc21. The van der Waals surface area contributed by atoms with Crippen molar-refractivity contribution in [1.82, 2.24) is 20.5 Å². The number of hydrogen-bond donors (Lipinski definition) is 3. The molecule has 1 aliphatic heterocycles. The number of nitrogens with one attached hydrogen (secondary N) is 3. The molecule has 4 amide bonds. The van der Waals surface area contributed by atoms with E-state index in [4.69, 9.17) is 0 Å². The third-order valence-electron chi connectivity index (χ3n) is 6.40. The summed E-state index contributed by atoms with van der Waals surface area (Å²) < 4.78 is 0. The van der Waals surface area contributed by atoms with E-state index in [-0.39, 0.29) is 37.2 Å². The van der Waals surface area contributed by atoms with Crippen molar-refractivity contribution in [3.05, 3.63) is 71.4 Å². The van der Waals surface area contributed by atoms with E-state index >= 15 is 0 Å². The van der Waals surface area contributed by atoms with Crippen LogP contribution in [0.25, 0.3) is 10.9 Å². The molecule has 3 N–H and O–H groups in total. The number of carbonyl (C=O) groups is 3. The highest BCUT2D eigenvalue weighted by Crippen LogP contribution is 2.34. The van der Waals surface area contributed by atoms with Crippen LogP contribution < -0.4 is 10.6 Å². The number of urea groups is 1. The van der Waals surface area contributed by atoms with Crippen LogP contribution in [0, 0.1) is 0 Å². The van der Waals surface area contributed by atoms with Gasteiger partial charge in [0.05, 0.1) is 12.6 Å². The van der Waals surface area contributed by atoms with Crippen LogP contribution in [0.5, 0.6) is 0 Å². The summed E-state index contributed by atoms with van der Waals surface area (Å²) in [6.45, 7) is 0.236. The van der Waals surface area contributed by atoms with E-state index in [1.807, 2.05) is 42.5 Å². The standard InChI is InChI=1S/C25H26N4O3/c30-22(26-20-12-6-10-18-17-9-4-5-11-19(17)27-23(18)20)14-13-21-24(31)29(25(32)28-21)15-16-7-2-1-3-8-16/h1-5,7-9,11,20-21,27H,6,10,12-15H2,(H,26,30)(H,28,32). The molecule has 0 bridgehead atoms. The first-order valence-electron chi connectivity index (χ1n) is 11.1. The second kappa shape index (κ2) is 8.49. The number of nitrogens with zero attached hydrogens (tertiary/aromatic N) is 1. The first kappa shape index (κ1) is 20.3. The number of para-hydroxylation sites is 1. The third kappa shape index (κ3) is 3.86. The van der Waals surface area contributed by atoms with E-state index in [2.05, 4.69) is 27.8 Å². The lowest BCUT2D eigenvalue weighted by molar-refractivity contribution is -0.128. The number of aromatic nitrogens is 1. The molecule has 2 heterocycles. The summed E-state index contributed by atoms with van der Waals surface area (Å²) in [5.74, 6) is -0.382. The average Bonchev–Trinajstić information content (AvgIpc) is 3.32. The molecule has 0 spiro atoms. The molecule has 1 aromatic heterocycles. The normalized spacial score (nSPS) is 20.3. The molecular formula is C25H26N4O3. The Hall–Kier alpha value is -3.61. The Morgan fingerprint density at radius 2 is 1.84 bits per heavy atom. The van der Waals surface area contributed by atoms with Crippen molar-refractivity contribution in [2.45, 2.75) is 50.7 Å². The summed E-state index contributed by atoms with van der Waals surface area (Å²) in [7, 11) is 0. The van der Waals surface area contributed by atoms with Gasteiger partial charge in [-0.15, -0.1) is 0 Å². The molecule has 164 valence electrons. The fourth-order valence-corrected chi connectivity index (χ4v) is 4.79. The van der Waals surface area contributed by atoms with Gasteiger partial charge in [-0.3, -0.25) is 14.5 Å². The minimum atomic E-state index is -0.660. The van der Waals surface area contributed by atoms with Gasteiger partial charge in [0.25, 0.3) is 5.91 Å². The number of benzene rings is 2. The Labute approximate surface area is 186 Å². The van der Waals surface area contributed by atoms with E-state index < -0.39 is 12.1 Å². The van der Waals surface area contributed by atoms with Gasteiger partial charge < -0.3 is 15.6 Å². The number of H-pyrrole nitrogens is 1. The molecule has 2 aliphatic rings. The number of aromatic amines is 1. The van der Waals surface area contributed by atoms with Gasteiger partial charge in [-0.1, -0.05) is 48.5 Å². The van der Waals surface area contributed by atoms with E-state index in [0.717, 1.165) is 36.0 Å². The summed E-state index contributed by atoms with van der Waals surface area (Å²) in [4.78, 5) is 42.4. The van der Waals surface area contributed by atoms with Crippen molar-refractivity contribution in [2.24, 2.45) is 0 Å². The van der Waals surface area contributed by atoms with Crippen LogP contribution in [0.3, 0.4) is 0 Å². The summed E-state index contributed by atoms with van der Waals surface area (Å²) in [6.07, 6.45) is 3.38. The smallest absolute Gasteiger partial charge is 0.325 e. The largest absolute Gasteiger partial charge is 0.356 e. The molecule has 7 heteroatoms. The molecular weight excluding hydrogens is 404 g/mol. The van der Waals surface area contributed by atoms with E-state index in [0.29, 0.717) is 0 Å². The predicted molar refractivity (Wildman–Crippen MR) is 121 cm³/mol. The van der Waals surface area contributed by atoms with Crippen molar-refractivity contribution in [1.29, 1.82) is 0 Å². The zero-order valence-electron chi connectivity index (χ0n) is 17.8. The molecule has 3 aromatic rings. The van der Waals surface area contributed by atoms with Crippen molar-refractivity contribution >= 4 is 28.7 Å². The molecule has 2 atom stereocenters. The molecule has 1 fully saturated rings. The first-order chi connectivity index (χ1) is 15.6. The van der Waals surface area contributed by atoms with Gasteiger partial charge in [0.2, 0.25) is 5.91 Å². The Morgan fingerprint density at radius 1 is 1.06 bits per heavy atom. The summed E-state index contributed by atoms with van der Waals surface area (Å²) in [5, 5.41) is 7.07. The highest BCUT2D eigenvalue weighted by molar-refractivity contribution is 6.04. The van der Waals surface area contributed by atoms with Gasteiger partial charge in [0.15, 0.2) is 0 Å². The topological polar surface area (TPSA) is 94.3 Å².